The van der Waals surface area contributed by atoms with Gasteiger partial charge >= 0.3 is 11.9 Å². The van der Waals surface area contributed by atoms with Crippen molar-refractivity contribution in [3.8, 4) is 11.8 Å². The molecule has 0 unspecified atom stereocenters. The second kappa shape index (κ2) is 10.4. The van der Waals surface area contributed by atoms with Gasteiger partial charge < -0.3 is 9.47 Å². The van der Waals surface area contributed by atoms with Gasteiger partial charge in [-0.1, -0.05) is 13.3 Å². The van der Waals surface area contributed by atoms with Crippen LogP contribution in [0.5, 0.6) is 5.75 Å². The first-order valence-corrected chi connectivity index (χ1v) is 7.52. The number of hydrogen-bond acceptors (Lipinski definition) is 5. The molecule has 0 aromatic heterocycles. The topological polar surface area (TPSA) is 76.4 Å². The van der Waals surface area contributed by atoms with Crippen molar-refractivity contribution in [3.05, 3.63) is 29.8 Å². The van der Waals surface area contributed by atoms with Crippen LogP contribution in [0.4, 0.5) is 0 Å². The smallest absolute Gasteiger partial charge is 0.311 e. The van der Waals surface area contributed by atoms with E-state index in [4.69, 9.17) is 14.7 Å². The summed E-state index contributed by atoms with van der Waals surface area (Å²) in [4.78, 5) is 23.0. The van der Waals surface area contributed by atoms with Gasteiger partial charge in [0.25, 0.3) is 0 Å². The highest BCUT2D eigenvalue weighted by molar-refractivity contribution is 5.72. The largest absolute Gasteiger partial charge is 0.466 e. The third-order valence-electron chi connectivity index (χ3n) is 2.99. The van der Waals surface area contributed by atoms with Crippen molar-refractivity contribution >= 4 is 11.9 Å². The van der Waals surface area contributed by atoms with Gasteiger partial charge in [-0.2, -0.15) is 5.26 Å². The number of benzene rings is 1. The van der Waals surface area contributed by atoms with Crippen LogP contribution in [0.25, 0.3) is 0 Å². The van der Waals surface area contributed by atoms with Crippen molar-refractivity contribution in [3.63, 3.8) is 0 Å². The minimum Gasteiger partial charge on any atom is -0.466 e. The van der Waals surface area contributed by atoms with E-state index < -0.39 is 0 Å². The Morgan fingerprint density at radius 2 is 1.68 bits per heavy atom. The van der Waals surface area contributed by atoms with Crippen molar-refractivity contribution in [2.24, 2.45) is 0 Å². The van der Waals surface area contributed by atoms with Crippen LogP contribution in [0.3, 0.4) is 0 Å². The van der Waals surface area contributed by atoms with Gasteiger partial charge in [0, 0.05) is 12.8 Å². The number of rotatable bonds is 9. The van der Waals surface area contributed by atoms with Crippen LogP contribution in [0.2, 0.25) is 0 Å². The molecule has 1 aromatic rings. The summed E-state index contributed by atoms with van der Waals surface area (Å²) in [6.45, 7) is 2.50. The molecular formula is C17H21NO4. The fourth-order valence-electron chi connectivity index (χ4n) is 1.72. The Bertz CT molecular complexity index is 516. The van der Waals surface area contributed by atoms with Crippen LogP contribution < -0.4 is 4.74 Å². The molecule has 0 amide bonds. The molecule has 0 fully saturated rings. The van der Waals surface area contributed by atoms with Crippen LogP contribution in [-0.2, 0) is 14.3 Å². The van der Waals surface area contributed by atoms with Crippen molar-refractivity contribution in [2.45, 2.75) is 45.4 Å². The fraction of sp³-hybridized carbons (Fsp3) is 0.471. The number of nitrogens with zero attached hydrogens (tertiary/aromatic N) is 1. The van der Waals surface area contributed by atoms with Gasteiger partial charge in [-0.05, 0) is 43.5 Å². The molecule has 5 nitrogen and oxygen atoms in total. The second-order valence-corrected chi connectivity index (χ2v) is 4.89. The van der Waals surface area contributed by atoms with E-state index in [1.165, 1.54) is 0 Å². The Balaban J connectivity index is 2.15. The third-order valence-corrected chi connectivity index (χ3v) is 2.99. The van der Waals surface area contributed by atoms with Gasteiger partial charge in [0.2, 0.25) is 0 Å². The van der Waals surface area contributed by atoms with Crippen LogP contribution >= 0.6 is 0 Å². The Labute approximate surface area is 130 Å². The summed E-state index contributed by atoms with van der Waals surface area (Å²) in [5, 5.41) is 8.67. The third kappa shape index (κ3) is 7.44. The number of ether oxygens (including phenoxy) is 2. The zero-order valence-corrected chi connectivity index (χ0v) is 12.8. The number of esters is 2. The number of nitriles is 1. The predicted molar refractivity (Wildman–Crippen MR) is 81.1 cm³/mol. The molecule has 0 saturated carbocycles. The molecular weight excluding hydrogens is 282 g/mol. The second-order valence-electron chi connectivity index (χ2n) is 4.89. The van der Waals surface area contributed by atoms with Crippen LogP contribution in [0, 0.1) is 11.3 Å². The van der Waals surface area contributed by atoms with Crippen molar-refractivity contribution in [2.75, 3.05) is 6.61 Å². The van der Waals surface area contributed by atoms with Gasteiger partial charge in [-0.15, -0.1) is 0 Å². The Kier molecular flexibility index (Phi) is 8.36. The zero-order chi connectivity index (χ0) is 16.2. The standard InChI is InChI=1S/C17H21NO4/c1-2-3-12-21-16(19)6-4-5-7-17(20)22-15-10-8-14(13-18)9-11-15/h8-11H,2-7,12H2,1H3. The highest BCUT2D eigenvalue weighted by Gasteiger charge is 2.07. The first-order valence-electron chi connectivity index (χ1n) is 7.52. The first kappa shape index (κ1) is 17.7. The molecule has 22 heavy (non-hydrogen) atoms. The summed E-state index contributed by atoms with van der Waals surface area (Å²) in [5.41, 5.74) is 0.515. The molecule has 1 rings (SSSR count). The lowest BCUT2D eigenvalue weighted by Gasteiger charge is -2.05. The molecule has 1 aromatic carbocycles. The van der Waals surface area contributed by atoms with Crippen LogP contribution in [0.15, 0.2) is 24.3 Å². The number of unbranched alkanes of at least 4 members (excludes halogenated alkanes) is 2. The molecule has 0 N–H and O–H groups in total. The summed E-state index contributed by atoms with van der Waals surface area (Å²) in [7, 11) is 0. The number of carbonyl (C=O) groups is 2. The fourth-order valence-corrected chi connectivity index (χ4v) is 1.72. The SMILES string of the molecule is CCCCOC(=O)CCCCC(=O)Oc1ccc(C#N)cc1. The molecule has 0 radical (unpaired) electrons. The maximum atomic E-state index is 11.6. The lowest BCUT2D eigenvalue weighted by atomic mass is 10.2. The van der Waals surface area contributed by atoms with E-state index in [0.29, 0.717) is 37.2 Å². The molecule has 0 heterocycles. The van der Waals surface area contributed by atoms with E-state index in [-0.39, 0.29) is 18.4 Å². The number of hydrogen-bond donors (Lipinski definition) is 0. The highest BCUT2D eigenvalue weighted by atomic mass is 16.5. The average Bonchev–Trinajstić information content (AvgIpc) is 2.52. The number of carbonyl (C=O) groups excluding carboxylic acids is 2. The van der Waals surface area contributed by atoms with Gasteiger partial charge in [0.05, 0.1) is 18.2 Å². The van der Waals surface area contributed by atoms with E-state index in [9.17, 15) is 9.59 Å². The van der Waals surface area contributed by atoms with Gasteiger partial charge in [-0.25, -0.2) is 0 Å². The van der Waals surface area contributed by atoms with Crippen molar-refractivity contribution < 1.29 is 19.1 Å². The molecule has 118 valence electrons. The lowest BCUT2D eigenvalue weighted by Crippen LogP contribution is -2.09. The molecule has 0 saturated heterocycles. The summed E-state index contributed by atoms with van der Waals surface area (Å²) in [5.74, 6) is -0.138. The quantitative estimate of drug-likeness (QED) is 0.397. The first-order chi connectivity index (χ1) is 10.7. The van der Waals surface area contributed by atoms with Crippen LogP contribution in [-0.4, -0.2) is 18.5 Å². The average molecular weight is 303 g/mol. The van der Waals surface area contributed by atoms with Gasteiger partial charge in [0.1, 0.15) is 5.75 Å². The minimum absolute atomic E-state index is 0.214. The molecule has 0 spiro atoms. The summed E-state index contributed by atoms with van der Waals surface area (Å²) in [6.07, 6.45) is 3.64. The maximum Gasteiger partial charge on any atom is 0.311 e. The highest BCUT2D eigenvalue weighted by Crippen LogP contribution is 2.13. The summed E-state index contributed by atoms with van der Waals surface area (Å²) in [6, 6.07) is 8.35. The zero-order valence-electron chi connectivity index (χ0n) is 12.8. The summed E-state index contributed by atoms with van der Waals surface area (Å²) >= 11 is 0. The Hall–Kier alpha value is -2.35. The predicted octanol–water partition coefficient (Wildman–Crippen LogP) is 3.37. The van der Waals surface area contributed by atoms with Gasteiger partial charge in [-0.3, -0.25) is 9.59 Å². The van der Waals surface area contributed by atoms with Crippen molar-refractivity contribution in [1.29, 1.82) is 5.26 Å². The minimum atomic E-state index is -0.343. The monoisotopic (exact) mass is 303 g/mol. The van der Waals surface area contributed by atoms with E-state index in [0.717, 1.165) is 12.8 Å². The van der Waals surface area contributed by atoms with Gasteiger partial charge in [0.15, 0.2) is 0 Å². The maximum absolute atomic E-state index is 11.6. The lowest BCUT2D eigenvalue weighted by molar-refractivity contribution is -0.144. The van der Waals surface area contributed by atoms with E-state index >= 15 is 0 Å². The molecule has 0 bridgehead atoms. The molecule has 5 heteroatoms. The molecule has 0 aliphatic carbocycles. The van der Waals surface area contributed by atoms with E-state index in [2.05, 4.69) is 0 Å². The Morgan fingerprint density at radius 1 is 1.05 bits per heavy atom. The Morgan fingerprint density at radius 3 is 2.27 bits per heavy atom. The normalized spacial score (nSPS) is 9.82. The summed E-state index contributed by atoms with van der Waals surface area (Å²) < 4.78 is 10.2. The molecule has 0 atom stereocenters. The van der Waals surface area contributed by atoms with E-state index in [1.807, 2.05) is 13.0 Å². The molecule has 0 aliphatic rings. The van der Waals surface area contributed by atoms with Crippen LogP contribution in [0.1, 0.15) is 51.0 Å². The molecule has 0 aliphatic heterocycles. The van der Waals surface area contributed by atoms with E-state index in [1.54, 1.807) is 24.3 Å². The van der Waals surface area contributed by atoms with Crippen molar-refractivity contribution in [1.82, 2.24) is 0 Å².